The minimum absolute atomic E-state index is 0.0361. The maximum Gasteiger partial charge on any atom is 0.254 e. The van der Waals surface area contributed by atoms with Crippen molar-refractivity contribution in [2.24, 2.45) is 5.92 Å². The number of nitrogens with zero attached hydrogens (tertiary/aromatic N) is 2. The monoisotopic (exact) mass is 418 g/mol. The molecule has 6 heteroatoms. The van der Waals surface area contributed by atoms with Gasteiger partial charge in [0.1, 0.15) is 12.4 Å². The fraction of sp³-hybridized carbons (Fsp3) is 0.360. The van der Waals surface area contributed by atoms with Crippen molar-refractivity contribution in [2.75, 3.05) is 19.7 Å². The first-order valence-electron chi connectivity index (χ1n) is 10.6. The molecule has 31 heavy (non-hydrogen) atoms. The summed E-state index contributed by atoms with van der Waals surface area (Å²) in [5, 5.41) is 9.93. The van der Waals surface area contributed by atoms with E-state index in [1.165, 1.54) is 42.0 Å². The van der Waals surface area contributed by atoms with Crippen LogP contribution in [0.15, 0.2) is 48.5 Å². The third kappa shape index (κ3) is 3.70. The van der Waals surface area contributed by atoms with E-state index >= 15 is 0 Å². The van der Waals surface area contributed by atoms with Gasteiger partial charge >= 0.3 is 0 Å². The van der Waals surface area contributed by atoms with Gasteiger partial charge in [-0.05, 0) is 54.8 Å². The molecule has 5 rings (SSSR count). The molecular weight excluding hydrogens is 395 g/mol. The Morgan fingerprint density at radius 3 is 2.45 bits per heavy atom. The van der Waals surface area contributed by atoms with Gasteiger partial charge in [0.15, 0.2) is 0 Å². The predicted molar refractivity (Wildman–Crippen MR) is 113 cm³/mol. The van der Waals surface area contributed by atoms with Gasteiger partial charge < -0.3 is 14.9 Å². The van der Waals surface area contributed by atoms with Crippen LogP contribution in [0.1, 0.15) is 40.2 Å². The van der Waals surface area contributed by atoms with Gasteiger partial charge in [-0.3, -0.25) is 9.59 Å². The molecule has 2 saturated heterocycles. The topological polar surface area (TPSA) is 60.9 Å². The van der Waals surface area contributed by atoms with Crippen molar-refractivity contribution in [3.05, 3.63) is 71.0 Å². The van der Waals surface area contributed by atoms with Gasteiger partial charge in [0, 0.05) is 29.5 Å². The summed E-state index contributed by atoms with van der Waals surface area (Å²) in [6.07, 6.45) is 2.37. The van der Waals surface area contributed by atoms with Crippen LogP contribution in [0, 0.1) is 23.6 Å². The predicted octanol–water partition coefficient (Wildman–Crippen LogP) is 2.40. The van der Waals surface area contributed by atoms with Gasteiger partial charge in [-0.15, -0.1) is 0 Å². The third-order valence-electron chi connectivity index (χ3n) is 6.42. The van der Waals surface area contributed by atoms with E-state index in [9.17, 15) is 19.1 Å². The molecule has 0 bridgehead atoms. The van der Waals surface area contributed by atoms with Crippen molar-refractivity contribution in [3.63, 3.8) is 0 Å². The standard InChI is InChI=1S/C25H23FN2O3/c26-20-11-9-19(10-12-20)25(31)27-13-21-24(22(15-29)28(21)23(30)14-27)18-7-5-17(6-8-18)4-3-16-1-2-16/h5-12,16,21-22,24,29H,1-2,13-15H2/t21-,22+,24+/m0/s1. The number of rotatable bonds is 3. The van der Waals surface area contributed by atoms with Gasteiger partial charge in [0.25, 0.3) is 5.91 Å². The van der Waals surface area contributed by atoms with Crippen molar-refractivity contribution >= 4 is 11.8 Å². The summed E-state index contributed by atoms with van der Waals surface area (Å²) in [6.45, 7) is 0.222. The minimum atomic E-state index is -0.410. The number of benzene rings is 2. The molecular formula is C25H23FN2O3. The van der Waals surface area contributed by atoms with Crippen LogP contribution in [0.5, 0.6) is 0 Å². The number of carbonyl (C=O) groups excluding carboxylic acids is 2. The number of carbonyl (C=O) groups is 2. The summed E-state index contributed by atoms with van der Waals surface area (Å²) in [7, 11) is 0. The summed E-state index contributed by atoms with van der Waals surface area (Å²) in [4.78, 5) is 28.9. The highest BCUT2D eigenvalue weighted by atomic mass is 19.1. The highest BCUT2D eigenvalue weighted by molar-refractivity contribution is 5.97. The molecule has 0 radical (unpaired) electrons. The Morgan fingerprint density at radius 1 is 1.10 bits per heavy atom. The molecule has 2 aromatic rings. The Hall–Kier alpha value is -3.17. The molecule has 2 amide bonds. The molecule has 1 saturated carbocycles. The van der Waals surface area contributed by atoms with Crippen LogP contribution < -0.4 is 0 Å². The molecule has 1 aliphatic carbocycles. The lowest BCUT2D eigenvalue weighted by Crippen LogP contribution is -2.73. The quantitative estimate of drug-likeness (QED) is 0.779. The summed E-state index contributed by atoms with van der Waals surface area (Å²) in [5.41, 5.74) is 2.34. The zero-order chi connectivity index (χ0) is 21.5. The number of hydrogen-bond donors (Lipinski definition) is 1. The van der Waals surface area contributed by atoms with Crippen LogP contribution in [0.3, 0.4) is 0 Å². The van der Waals surface area contributed by atoms with E-state index in [0.717, 1.165) is 11.1 Å². The van der Waals surface area contributed by atoms with Crippen molar-refractivity contribution in [1.82, 2.24) is 9.80 Å². The fourth-order valence-electron chi connectivity index (χ4n) is 4.63. The van der Waals surface area contributed by atoms with Crippen LogP contribution in [0.2, 0.25) is 0 Å². The van der Waals surface area contributed by atoms with Gasteiger partial charge in [0.05, 0.1) is 18.7 Å². The Balaban J connectivity index is 1.35. The van der Waals surface area contributed by atoms with E-state index in [4.69, 9.17) is 0 Å². The Morgan fingerprint density at radius 2 is 1.81 bits per heavy atom. The van der Waals surface area contributed by atoms with E-state index in [2.05, 4.69) is 11.8 Å². The summed E-state index contributed by atoms with van der Waals surface area (Å²) in [5.74, 6) is 6.06. The number of aliphatic hydroxyl groups is 1. The lowest BCUT2D eigenvalue weighted by molar-refractivity contribution is -0.159. The molecule has 3 fully saturated rings. The van der Waals surface area contributed by atoms with Gasteiger partial charge in [0.2, 0.25) is 5.91 Å². The SMILES string of the molecule is O=C(c1ccc(F)cc1)N1CC(=O)N2[C@H](CO)[C@H](c3ccc(C#CC4CC4)cc3)[C@@H]2C1. The molecule has 3 atom stereocenters. The summed E-state index contributed by atoms with van der Waals surface area (Å²) >= 11 is 0. The molecule has 0 aromatic heterocycles. The maximum absolute atomic E-state index is 13.2. The number of hydrogen-bond acceptors (Lipinski definition) is 3. The smallest absolute Gasteiger partial charge is 0.254 e. The van der Waals surface area contributed by atoms with Crippen LogP contribution in [-0.2, 0) is 4.79 Å². The van der Waals surface area contributed by atoms with Crippen LogP contribution in [0.25, 0.3) is 0 Å². The second kappa shape index (κ2) is 7.82. The van der Waals surface area contributed by atoms with E-state index in [0.29, 0.717) is 18.0 Å². The number of piperazine rings is 1. The zero-order valence-corrected chi connectivity index (χ0v) is 17.0. The van der Waals surface area contributed by atoms with Crippen molar-refractivity contribution in [3.8, 4) is 11.8 Å². The van der Waals surface area contributed by atoms with E-state index in [1.807, 2.05) is 24.3 Å². The molecule has 1 N–H and O–H groups in total. The molecule has 0 unspecified atom stereocenters. The number of amides is 2. The van der Waals surface area contributed by atoms with Crippen LogP contribution in [-0.4, -0.2) is 58.5 Å². The first kappa shape index (κ1) is 19.8. The van der Waals surface area contributed by atoms with Crippen molar-refractivity contribution in [2.45, 2.75) is 30.8 Å². The first-order chi connectivity index (χ1) is 15.0. The Bertz CT molecular complexity index is 1070. The second-order valence-electron chi connectivity index (χ2n) is 8.50. The number of fused-ring (bicyclic) bond motifs is 1. The highest BCUT2D eigenvalue weighted by Crippen LogP contribution is 2.43. The molecule has 2 heterocycles. The molecule has 2 aliphatic heterocycles. The normalized spacial score (nSPS) is 24.7. The van der Waals surface area contributed by atoms with Gasteiger partial charge in [-0.1, -0.05) is 24.0 Å². The lowest BCUT2D eigenvalue weighted by Gasteiger charge is -2.58. The zero-order valence-electron chi connectivity index (χ0n) is 17.0. The third-order valence-corrected chi connectivity index (χ3v) is 6.42. The largest absolute Gasteiger partial charge is 0.394 e. The van der Waals surface area contributed by atoms with Gasteiger partial charge in [-0.25, -0.2) is 4.39 Å². The molecule has 5 nitrogen and oxygen atoms in total. The maximum atomic E-state index is 13.2. The molecule has 0 spiro atoms. The molecule has 2 aromatic carbocycles. The van der Waals surface area contributed by atoms with Crippen LogP contribution in [0.4, 0.5) is 4.39 Å². The second-order valence-corrected chi connectivity index (χ2v) is 8.50. The van der Waals surface area contributed by atoms with E-state index in [-0.39, 0.29) is 43.0 Å². The first-order valence-corrected chi connectivity index (χ1v) is 10.6. The average molecular weight is 418 g/mol. The number of aliphatic hydroxyl groups excluding tert-OH is 1. The Kier molecular flexibility index (Phi) is 4.99. The molecule has 3 aliphatic rings. The average Bonchev–Trinajstić information content (AvgIpc) is 3.59. The van der Waals surface area contributed by atoms with Gasteiger partial charge in [-0.2, -0.15) is 0 Å². The summed E-state index contributed by atoms with van der Waals surface area (Å²) in [6, 6.07) is 12.9. The fourth-order valence-corrected chi connectivity index (χ4v) is 4.63. The van der Waals surface area contributed by atoms with Crippen LogP contribution >= 0.6 is 0 Å². The van der Waals surface area contributed by atoms with E-state index in [1.54, 1.807) is 4.90 Å². The molecule has 158 valence electrons. The Labute approximate surface area is 180 Å². The van der Waals surface area contributed by atoms with E-state index < -0.39 is 5.82 Å². The van der Waals surface area contributed by atoms with Crippen molar-refractivity contribution in [1.29, 1.82) is 0 Å². The number of halogens is 1. The minimum Gasteiger partial charge on any atom is -0.394 e. The lowest BCUT2D eigenvalue weighted by atomic mass is 9.73. The van der Waals surface area contributed by atoms with Crippen molar-refractivity contribution < 1.29 is 19.1 Å². The highest BCUT2D eigenvalue weighted by Gasteiger charge is 2.54. The summed E-state index contributed by atoms with van der Waals surface area (Å²) < 4.78 is 13.2.